The minimum absolute atomic E-state index is 0.737. The summed E-state index contributed by atoms with van der Waals surface area (Å²) in [5.41, 5.74) is 13.1. The van der Waals surface area contributed by atoms with E-state index in [1.54, 1.807) is 6.20 Å². The van der Waals surface area contributed by atoms with E-state index in [-0.39, 0.29) is 0 Å². The maximum absolute atomic E-state index is 5.85. The summed E-state index contributed by atoms with van der Waals surface area (Å²) >= 11 is 0. The van der Waals surface area contributed by atoms with Gasteiger partial charge in [-0.15, -0.1) is 0 Å². The van der Waals surface area contributed by atoms with E-state index in [9.17, 15) is 0 Å². The molecule has 2 N–H and O–H groups in total. The zero-order chi connectivity index (χ0) is 11.8. The Morgan fingerprint density at radius 1 is 1.18 bits per heavy atom. The van der Waals surface area contributed by atoms with Gasteiger partial charge in [0.25, 0.3) is 0 Å². The van der Waals surface area contributed by atoms with E-state index in [4.69, 9.17) is 5.73 Å². The van der Waals surface area contributed by atoms with Crippen LogP contribution in [-0.4, -0.2) is 4.98 Å². The van der Waals surface area contributed by atoms with Crippen molar-refractivity contribution >= 4 is 5.69 Å². The molecule has 0 bridgehead atoms. The molecule has 86 valence electrons. The SMILES string of the molecule is Cc1ncc(N)cc1-c1cccc2c1CCC2. The minimum Gasteiger partial charge on any atom is -0.397 e. The number of aromatic nitrogens is 1. The first-order valence-electron chi connectivity index (χ1n) is 6.09. The van der Waals surface area contributed by atoms with Gasteiger partial charge in [-0.1, -0.05) is 18.2 Å². The molecule has 0 aliphatic heterocycles. The summed E-state index contributed by atoms with van der Waals surface area (Å²) in [7, 11) is 0. The van der Waals surface area contributed by atoms with Crippen molar-refractivity contribution in [3.05, 3.63) is 47.3 Å². The number of pyridine rings is 1. The number of benzene rings is 1. The molecule has 0 spiro atoms. The fourth-order valence-electron chi connectivity index (χ4n) is 2.69. The van der Waals surface area contributed by atoms with Crippen molar-refractivity contribution in [1.82, 2.24) is 4.98 Å². The molecule has 0 atom stereocenters. The van der Waals surface area contributed by atoms with Crippen LogP contribution in [0.1, 0.15) is 23.2 Å². The predicted octanol–water partition coefficient (Wildman–Crippen LogP) is 3.13. The molecule has 3 rings (SSSR count). The Kier molecular flexibility index (Phi) is 2.36. The molecule has 1 aliphatic carbocycles. The molecular weight excluding hydrogens is 208 g/mol. The van der Waals surface area contributed by atoms with E-state index in [0.29, 0.717) is 0 Å². The molecule has 17 heavy (non-hydrogen) atoms. The van der Waals surface area contributed by atoms with E-state index in [0.717, 1.165) is 11.4 Å². The summed E-state index contributed by atoms with van der Waals surface area (Å²) in [4.78, 5) is 4.36. The van der Waals surface area contributed by atoms with E-state index in [1.165, 1.54) is 41.5 Å². The second kappa shape index (κ2) is 3.88. The second-order valence-corrected chi connectivity index (χ2v) is 4.70. The van der Waals surface area contributed by atoms with Gasteiger partial charge in [0.15, 0.2) is 0 Å². The highest BCUT2D eigenvalue weighted by atomic mass is 14.7. The number of anilines is 1. The van der Waals surface area contributed by atoms with Crippen molar-refractivity contribution in [2.75, 3.05) is 5.73 Å². The average molecular weight is 224 g/mol. The number of nitrogens with zero attached hydrogens (tertiary/aromatic N) is 1. The van der Waals surface area contributed by atoms with Gasteiger partial charge in [0.2, 0.25) is 0 Å². The lowest BCUT2D eigenvalue weighted by Gasteiger charge is -2.11. The highest BCUT2D eigenvalue weighted by Gasteiger charge is 2.16. The topological polar surface area (TPSA) is 38.9 Å². The van der Waals surface area contributed by atoms with E-state index in [2.05, 4.69) is 23.2 Å². The Labute approximate surface area is 102 Å². The maximum Gasteiger partial charge on any atom is 0.0507 e. The molecule has 2 aromatic rings. The number of nitrogen functional groups attached to an aromatic ring is 1. The molecule has 1 aromatic carbocycles. The maximum atomic E-state index is 5.85. The van der Waals surface area contributed by atoms with Gasteiger partial charge in [-0.25, -0.2) is 0 Å². The summed E-state index contributed by atoms with van der Waals surface area (Å²) in [5, 5.41) is 0. The van der Waals surface area contributed by atoms with Gasteiger partial charge in [0.1, 0.15) is 0 Å². The first-order chi connectivity index (χ1) is 8.25. The largest absolute Gasteiger partial charge is 0.397 e. The molecular formula is C15H16N2. The number of nitrogens with two attached hydrogens (primary N) is 1. The van der Waals surface area contributed by atoms with Crippen LogP contribution < -0.4 is 5.73 Å². The number of hydrogen-bond acceptors (Lipinski definition) is 2. The Morgan fingerprint density at radius 3 is 2.94 bits per heavy atom. The Hall–Kier alpha value is -1.83. The number of aryl methyl sites for hydroxylation is 2. The molecule has 0 fully saturated rings. The van der Waals surface area contributed by atoms with Crippen LogP contribution in [0.15, 0.2) is 30.5 Å². The van der Waals surface area contributed by atoms with Crippen LogP contribution in [0.4, 0.5) is 5.69 Å². The normalized spacial score (nSPS) is 13.7. The summed E-state index contributed by atoms with van der Waals surface area (Å²) in [6.07, 6.45) is 5.38. The van der Waals surface area contributed by atoms with Crippen LogP contribution in [0.25, 0.3) is 11.1 Å². The van der Waals surface area contributed by atoms with Crippen molar-refractivity contribution in [3.63, 3.8) is 0 Å². The van der Waals surface area contributed by atoms with Gasteiger partial charge in [0, 0.05) is 11.3 Å². The molecule has 0 unspecified atom stereocenters. The molecule has 1 heterocycles. The first kappa shape index (κ1) is 10.3. The monoisotopic (exact) mass is 224 g/mol. The molecule has 0 amide bonds. The number of hydrogen-bond donors (Lipinski definition) is 1. The van der Waals surface area contributed by atoms with Gasteiger partial charge in [-0.2, -0.15) is 0 Å². The fourth-order valence-corrected chi connectivity index (χ4v) is 2.69. The molecule has 2 nitrogen and oxygen atoms in total. The third kappa shape index (κ3) is 1.70. The zero-order valence-corrected chi connectivity index (χ0v) is 10.0. The van der Waals surface area contributed by atoms with Crippen LogP contribution in [0.2, 0.25) is 0 Å². The van der Waals surface area contributed by atoms with Crippen molar-refractivity contribution in [2.45, 2.75) is 26.2 Å². The van der Waals surface area contributed by atoms with Crippen LogP contribution in [-0.2, 0) is 12.8 Å². The third-order valence-corrected chi connectivity index (χ3v) is 3.54. The average Bonchev–Trinajstić information content (AvgIpc) is 2.80. The Bertz CT molecular complexity index is 573. The smallest absolute Gasteiger partial charge is 0.0507 e. The summed E-state index contributed by atoms with van der Waals surface area (Å²) in [5.74, 6) is 0. The lowest BCUT2D eigenvalue weighted by molar-refractivity contribution is 0.912. The standard InChI is InChI=1S/C15H16N2/c1-10-15(8-12(16)9-17-10)14-7-3-5-11-4-2-6-13(11)14/h3,5,7-9H,2,4,6,16H2,1H3. The lowest BCUT2D eigenvalue weighted by Crippen LogP contribution is -1.95. The van der Waals surface area contributed by atoms with Crippen molar-refractivity contribution < 1.29 is 0 Å². The first-order valence-corrected chi connectivity index (χ1v) is 6.09. The van der Waals surface area contributed by atoms with Crippen LogP contribution >= 0.6 is 0 Å². The van der Waals surface area contributed by atoms with Gasteiger partial charge < -0.3 is 5.73 Å². The van der Waals surface area contributed by atoms with Crippen LogP contribution in [0.5, 0.6) is 0 Å². The van der Waals surface area contributed by atoms with Crippen molar-refractivity contribution in [2.24, 2.45) is 0 Å². The fraction of sp³-hybridized carbons (Fsp3) is 0.267. The minimum atomic E-state index is 0.737. The summed E-state index contributed by atoms with van der Waals surface area (Å²) in [6, 6.07) is 8.60. The van der Waals surface area contributed by atoms with E-state index >= 15 is 0 Å². The highest BCUT2D eigenvalue weighted by molar-refractivity contribution is 5.73. The molecule has 0 radical (unpaired) electrons. The summed E-state index contributed by atoms with van der Waals surface area (Å²) in [6.45, 7) is 2.04. The van der Waals surface area contributed by atoms with Crippen molar-refractivity contribution in [1.29, 1.82) is 0 Å². The van der Waals surface area contributed by atoms with Gasteiger partial charge in [-0.05, 0) is 48.9 Å². The Balaban J connectivity index is 2.22. The third-order valence-electron chi connectivity index (χ3n) is 3.54. The number of fused-ring (bicyclic) bond motifs is 1. The van der Waals surface area contributed by atoms with Gasteiger partial charge in [-0.3, -0.25) is 4.98 Å². The second-order valence-electron chi connectivity index (χ2n) is 4.70. The molecule has 2 heteroatoms. The molecule has 1 aromatic heterocycles. The molecule has 0 saturated heterocycles. The van der Waals surface area contributed by atoms with Crippen LogP contribution in [0, 0.1) is 6.92 Å². The highest BCUT2D eigenvalue weighted by Crippen LogP contribution is 2.34. The Morgan fingerprint density at radius 2 is 2.06 bits per heavy atom. The zero-order valence-electron chi connectivity index (χ0n) is 10.0. The van der Waals surface area contributed by atoms with E-state index < -0.39 is 0 Å². The molecule has 0 saturated carbocycles. The van der Waals surface area contributed by atoms with Gasteiger partial charge in [0.05, 0.1) is 11.9 Å². The molecule has 1 aliphatic rings. The van der Waals surface area contributed by atoms with Crippen LogP contribution in [0.3, 0.4) is 0 Å². The van der Waals surface area contributed by atoms with Gasteiger partial charge >= 0.3 is 0 Å². The van der Waals surface area contributed by atoms with E-state index in [1.807, 2.05) is 13.0 Å². The summed E-state index contributed by atoms with van der Waals surface area (Å²) < 4.78 is 0. The predicted molar refractivity (Wildman–Crippen MR) is 70.8 cm³/mol. The number of rotatable bonds is 1. The lowest BCUT2D eigenvalue weighted by atomic mass is 9.96. The van der Waals surface area contributed by atoms with Crippen molar-refractivity contribution in [3.8, 4) is 11.1 Å². The quantitative estimate of drug-likeness (QED) is 0.808.